The lowest BCUT2D eigenvalue weighted by Gasteiger charge is -2.25. The van der Waals surface area contributed by atoms with Crippen molar-refractivity contribution in [3.63, 3.8) is 0 Å². The Kier molecular flexibility index (Phi) is 2.94. The van der Waals surface area contributed by atoms with E-state index in [9.17, 15) is 0 Å². The van der Waals surface area contributed by atoms with Gasteiger partial charge in [-0.15, -0.1) is 0 Å². The Balaban J connectivity index is 2.27. The lowest BCUT2D eigenvalue weighted by atomic mass is 9.86. The van der Waals surface area contributed by atoms with Crippen LogP contribution in [0.5, 0.6) is 5.75 Å². The molecule has 1 aromatic carbocycles. The fourth-order valence-corrected chi connectivity index (χ4v) is 2.19. The Morgan fingerprint density at radius 1 is 1.38 bits per heavy atom. The maximum Gasteiger partial charge on any atom is 0.124 e. The second-order valence-corrected chi connectivity index (χ2v) is 5.85. The van der Waals surface area contributed by atoms with Gasteiger partial charge in [-0.2, -0.15) is 0 Å². The van der Waals surface area contributed by atoms with Crippen LogP contribution in [0, 0.1) is 5.41 Å². The minimum atomic E-state index is 0.142. The minimum Gasteiger partial charge on any atom is -0.493 e. The van der Waals surface area contributed by atoms with Crippen LogP contribution in [-0.2, 0) is 6.42 Å². The number of fused-ring (bicyclic) bond motifs is 1. The predicted molar refractivity (Wildman–Crippen MR) is 66.6 cm³/mol. The average Bonchev–Trinajstić information content (AvgIpc) is 2.17. The highest BCUT2D eigenvalue weighted by molar-refractivity contribution is 5.40. The summed E-state index contributed by atoms with van der Waals surface area (Å²) in [4.78, 5) is 0. The van der Waals surface area contributed by atoms with E-state index in [1.807, 2.05) is 0 Å². The summed E-state index contributed by atoms with van der Waals surface area (Å²) >= 11 is 0. The van der Waals surface area contributed by atoms with Gasteiger partial charge in [-0.05, 0) is 23.5 Å². The molecule has 0 spiro atoms. The summed E-state index contributed by atoms with van der Waals surface area (Å²) in [5, 5.41) is 0. The summed E-state index contributed by atoms with van der Waals surface area (Å²) in [6.07, 6.45) is 2.00. The van der Waals surface area contributed by atoms with E-state index in [2.05, 4.69) is 39.0 Å². The van der Waals surface area contributed by atoms with Crippen molar-refractivity contribution in [2.45, 2.75) is 39.7 Å². The Morgan fingerprint density at radius 2 is 2.12 bits per heavy atom. The predicted octanol–water partition coefficient (Wildman–Crippen LogP) is 3.06. The van der Waals surface area contributed by atoms with Crippen LogP contribution in [0.3, 0.4) is 0 Å². The first-order valence-corrected chi connectivity index (χ1v) is 5.97. The zero-order valence-electron chi connectivity index (χ0n) is 10.4. The number of benzene rings is 1. The van der Waals surface area contributed by atoms with Crippen molar-refractivity contribution in [1.29, 1.82) is 0 Å². The van der Waals surface area contributed by atoms with E-state index < -0.39 is 0 Å². The number of hydrogen-bond donors (Lipinski definition) is 1. The molecule has 0 amide bonds. The topological polar surface area (TPSA) is 35.2 Å². The molecule has 0 radical (unpaired) electrons. The molecule has 1 atom stereocenters. The maximum atomic E-state index is 6.10. The molecule has 88 valence electrons. The monoisotopic (exact) mass is 219 g/mol. The van der Waals surface area contributed by atoms with E-state index in [1.165, 1.54) is 11.1 Å². The van der Waals surface area contributed by atoms with E-state index in [-0.39, 0.29) is 6.04 Å². The SMILES string of the molecule is CC(C)(C)Cc1ccc2c(c1)[C@H](N)CCO2. The van der Waals surface area contributed by atoms with E-state index in [1.54, 1.807) is 0 Å². The van der Waals surface area contributed by atoms with E-state index in [0.717, 1.165) is 25.2 Å². The van der Waals surface area contributed by atoms with Gasteiger partial charge in [0.2, 0.25) is 0 Å². The fourth-order valence-electron chi connectivity index (χ4n) is 2.19. The number of ether oxygens (including phenoxy) is 1. The van der Waals surface area contributed by atoms with Gasteiger partial charge in [0, 0.05) is 18.0 Å². The number of nitrogens with two attached hydrogens (primary N) is 1. The van der Waals surface area contributed by atoms with Crippen molar-refractivity contribution in [3.8, 4) is 5.75 Å². The molecule has 16 heavy (non-hydrogen) atoms. The molecule has 0 bridgehead atoms. The van der Waals surface area contributed by atoms with E-state index >= 15 is 0 Å². The molecule has 0 aliphatic carbocycles. The average molecular weight is 219 g/mol. The van der Waals surface area contributed by atoms with Crippen LogP contribution in [-0.4, -0.2) is 6.61 Å². The summed E-state index contributed by atoms with van der Waals surface area (Å²) in [5.41, 5.74) is 8.94. The Bertz CT molecular complexity index is 379. The van der Waals surface area contributed by atoms with Crippen LogP contribution in [0.2, 0.25) is 0 Å². The van der Waals surface area contributed by atoms with Crippen molar-refractivity contribution in [2.75, 3.05) is 6.61 Å². The van der Waals surface area contributed by atoms with Crippen LogP contribution in [0.25, 0.3) is 0 Å². The van der Waals surface area contributed by atoms with Crippen molar-refractivity contribution < 1.29 is 4.74 Å². The van der Waals surface area contributed by atoms with Crippen LogP contribution < -0.4 is 10.5 Å². The lowest BCUT2D eigenvalue weighted by Crippen LogP contribution is -2.21. The lowest BCUT2D eigenvalue weighted by molar-refractivity contribution is 0.268. The summed E-state index contributed by atoms with van der Waals surface area (Å²) in [7, 11) is 0. The molecule has 2 rings (SSSR count). The van der Waals surface area contributed by atoms with Gasteiger partial charge in [0.25, 0.3) is 0 Å². The third kappa shape index (κ3) is 2.56. The van der Waals surface area contributed by atoms with Crippen molar-refractivity contribution in [1.82, 2.24) is 0 Å². The zero-order valence-corrected chi connectivity index (χ0v) is 10.4. The van der Waals surface area contributed by atoms with Gasteiger partial charge >= 0.3 is 0 Å². The third-order valence-electron chi connectivity index (χ3n) is 2.89. The molecule has 1 aliphatic heterocycles. The van der Waals surface area contributed by atoms with Crippen LogP contribution >= 0.6 is 0 Å². The fraction of sp³-hybridized carbons (Fsp3) is 0.571. The van der Waals surface area contributed by atoms with Crippen molar-refractivity contribution in [2.24, 2.45) is 11.1 Å². The number of rotatable bonds is 1. The summed E-state index contributed by atoms with van der Waals surface area (Å²) in [5.74, 6) is 0.969. The molecule has 0 saturated carbocycles. The molecule has 0 fully saturated rings. The Morgan fingerprint density at radius 3 is 2.81 bits per heavy atom. The summed E-state index contributed by atoms with van der Waals surface area (Å²) < 4.78 is 5.60. The smallest absolute Gasteiger partial charge is 0.124 e. The molecule has 0 aromatic heterocycles. The van der Waals surface area contributed by atoms with Crippen molar-refractivity contribution in [3.05, 3.63) is 29.3 Å². The first-order valence-electron chi connectivity index (χ1n) is 5.97. The molecule has 1 aliphatic rings. The summed E-state index contributed by atoms with van der Waals surface area (Å²) in [6, 6.07) is 6.57. The van der Waals surface area contributed by atoms with Gasteiger partial charge in [0.1, 0.15) is 5.75 Å². The van der Waals surface area contributed by atoms with Crippen LogP contribution in [0.15, 0.2) is 18.2 Å². The Labute approximate surface area is 97.8 Å². The summed E-state index contributed by atoms with van der Waals surface area (Å²) in [6.45, 7) is 7.50. The van der Waals surface area contributed by atoms with Gasteiger partial charge < -0.3 is 10.5 Å². The molecule has 0 unspecified atom stereocenters. The van der Waals surface area contributed by atoms with Crippen LogP contribution in [0.4, 0.5) is 0 Å². The molecule has 1 aromatic rings. The van der Waals surface area contributed by atoms with Crippen molar-refractivity contribution >= 4 is 0 Å². The Hall–Kier alpha value is -1.02. The number of hydrogen-bond acceptors (Lipinski definition) is 2. The van der Waals surface area contributed by atoms with Gasteiger partial charge in [-0.25, -0.2) is 0 Å². The molecular formula is C14H21NO. The largest absolute Gasteiger partial charge is 0.493 e. The zero-order chi connectivity index (χ0) is 11.8. The molecule has 1 heterocycles. The van der Waals surface area contributed by atoms with Gasteiger partial charge in [0.05, 0.1) is 6.61 Å². The highest BCUT2D eigenvalue weighted by Crippen LogP contribution is 2.32. The first kappa shape index (κ1) is 11.5. The first-order chi connectivity index (χ1) is 7.46. The molecule has 2 heteroatoms. The third-order valence-corrected chi connectivity index (χ3v) is 2.89. The highest BCUT2D eigenvalue weighted by Gasteiger charge is 2.19. The second kappa shape index (κ2) is 4.10. The van der Waals surface area contributed by atoms with Gasteiger partial charge in [-0.3, -0.25) is 0 Å². The second-order valence-electron chi connectivity index (χ2n) is 5.85. The van der Waals surface area contributed by atoms with Crippen LogP contribution in [0.1, 0.15) is 44.4 Å². The molecule has 2 N–H and O–H groups in total. The highest BCUT2D eigenvalue weighted by atomic mass is 16.5. The molecule has 2 nitrogen and oxygen atoms in total. The molecule has 0 saturated heterocycles. The molecular weight excluding hydrogens is 198 g/mol. The minimum absolute atomic E-state index is 0.142. The maximum absolute atomic E-state index is 6.10. The normalized spacial score (nSPS) is 20.1. The van der Waals surface area contributed by atoms with Gasteiger partial charge in [-0.1, -0.05) is 32.9 Å². The van der Waals surface area contributed by atoms with E-state index in [4.69, 9.17) is 10.5 Å². The van der Waals surface area contributed by atoms with E-state index in [0.29, 0.717) is 5.41 Å². The quantitative estimate of drug-likeness (QED) is 0.788. The standard InChI is InChI=1S/C14H21NO/c1-14(2,3)9-10-4-5-13-11(8-10)12(15)6-7-16-13/h4-5,8,12H,6-7,9,15H2,1-3H3/t12-/m1/s1. The van der Waals surface area contributed by atoms with Gasteiger partial charge in [0.15, 0.2) is 0 Å².